The summed E-state index contributed by atoms with van der Waals surface area (Å²) in [5, 5.41) is 12.8. The number of rotatable bonds is 7. The molecular formula is C19H32N2O. The minimum atomic E-state index is 0.117. The lowest BCUT2D eigenvalue weighted by molar-refractivity contribution is 0.139. The van der Waals surface area contributed by atoms with E-state index in [1.165, 1.54) is 38.0 Å². The van der Waals surface area contributed by atoms with Crippen molar-refractivity contribution in [1.29, 1.82) is 0 Å². The Balaban J connectivity index is 1.69. The highest BCUT2D eigenvalue weighted by Crippen LogP contribution is 2.21. The van der Waals surface area contributed by atoms with E-state index in [1.54, 1.807) is 0 Å². The molecule has 3 atom stereocenters. The zero-order valence-electron chi connectivity index (χ0n) is 14.4. The lowest BCUT2D eigenvalue weighted by Gasteiger charge is -2.35. The maximum absolute atomic E-state index is 9.22. The van der Waals surface area contributed by atoms with Crippen LogP contribution in [0.4, 0.5) is 0 Å². The monoisotopic (exact) mass is 304 g/mol. The number of aliphatic hydroxyl groups excluding tert-OH is 1. The molecule has 1 heterocycles. The SMILES string of the molecule is CC1CC(C)CN(CCCNC(C)c2cccc(CO)c2)C1. The first-order chi connectivity index (χ1) is 10.6. The second-order valence-electron chi connectivity index (χ2n) is 7.14. The number of nitrogens with one attached hydrogen (secondary N) is 1. The van der Waals surface area contributed by atoms with Gasteiger partial charge in [-0.15, -0.1) is 0 Å². The Morgan fingerprint density at radius 1 is 1.27 bits per heavy atom. The van der Waals surface area contributed by atoms with Crippen LogP contribution >= 0.6 is 0 Å². The summed E-state index contributed by atoms with van der Waals surface area (Å²) in [6.45, 7) is 11.8. The van der Waals surface area contributed by atoms with E-state index < -0.39 is 0 Å². The van der Waals surface area contributed by atoms with E-state index in [2.05, 4.69) is 43.1 Å². The van der Waals surface area contributed by atoms with Gasteiger partial charge in [0.05, 0.1) is 6.61 Å². The Bertz CT molecular complexity index is 439. The standard InChI is InChI=1S/C19H32N2O/c1-15-10-16(2)13-21(12-15)9-5-8-20-17(3)19-7-4-6-18(11-19)14-22/h4,6-7,11,15-17,20,22H,5,8-10,12-14H2,1-3H3. The quantitative estimate of drug-likeness (QED) is 0.759. The average molecular weight is 304 g/mol. The lowest BCUT2D eigenvalue weighted by Crippen LogP contribution is -2.40. The van der Waals surface area contributed by atoms with Crippen LogP contribution < -0.4 is 5.32 Å². The third-order valence-electron chi connectivity index (χ3n) is 4.68. The Labute approximate surface area is 135 Å². The largest absolute Gasteiger partial charge is 0.392 e. The van der Waals surface area contributed by atoms with E-state index in [4.69, 9.17) is 0 Å². The van der Waals surface area contributed by atoms with Crippen molar-refractivity contribution >= 4 is 0 Å². The van der Waals surface area contributed by atoms with Crippen LogP contribution in [0.5, 0.6) is 0 Å². The van der Waals surface area contributed by atoms with E-state index in [-0.39, 0.29) is 6.61 Å². The van der Waals surface area contributed by atoms with Crippen molar-refractivity contribution in [3.05, 3.63) is 35.4 Å². The van der Waals surface area contributed by atoms with E-state index in [0.29, 0.717) is 6.04 Å². The molecule has 2 rings (SSSR count). The Kier molecular flexibility index (Phi) is 6.87. The molecule has 3 heteroatoms. The molecule has 3 unspecified atom stereocenters. The van der Waals surface area contributed by atoms with Crippen molar-refractivity contribution in [2.75, 3.05) is 26.2 Å². The normalized spacial score (nSPS) is 24.4. The molecular weight excluding hydrogens is 272 g/mol. The summed E-state index contributed by atoms with van der Waals surface area (Å²) in [6, 6.07) is 8.55. The molecule has 0 radical (unpaired) electrons. The average Bonchev–Trinajstić information content (AvgIpc) is 2.50. The highest BCUT2D eigenvalue weighted by Gasteiger charge is 2.21. The van der Waals surface area contributed by atoms with Crippen LogP contribution in [0.15, 0.2) is 24.3 Å². The van der Waals surface area contributed by atoms with Gasteiger partial charge in [0.15, 0.2) is 0 Å². The molecule has 1 aromatic rings. The van der Waals surface area contributed by atoms with Crippen molar-refractivity contribution in [3.8, 4) is 0 Å². The van der Waals surface area contributed by atoms with Crippen molar-refractivity contribution in [1.82, 2.24) is 10.2 Å². The maximum Gasteiger partial charge on any atom is 0.0681 e. The van der Waals surface area contributed by atoms with Gasteiger partial charge in [0, 0.05) is 19.1 Å². The summed E-state index contributed by atoms with van der Waals surface area (Å²) in [7, 11) is 0. The summed E-state index contributed by atoms with van der Waals surface area (Å²) < 4.78 is 0. The molecule has 0 aromatic heterocycles. The maximum atomic E-state index is 9.22. The minimum Gasteiger partial charge on any atom is -0.392 e. The van der Waals surface area contributed by atoms with Crippen molar-refractivity contribution in [3.63, 3.8) is 0 Å². The zero-order chi connectivity index (χ0) is 15.9. The molecule has 0 aliphatic carbocycles. The minimum absolute atomic E-state index is 0.117. The summed E-state index contributed by atoms with van der Waals surface area (Å²) in [5.74, 6) is 1.69. The molecule has 2 N–H and O–H groups in total. The predicted octanol–water partition coefficient (Wildman–Crippen LogP) is 3.20. The molecule has 1 fully saturated rings. The van der Waals surface area contributed by atoms with Crippen molar-refractivity contribution < 1.29 is 5.11 Å². The molecule has 124 valence electrons. The number of benzene rings is 1. The van der Waals surface area contributed by atoms with E-state index in [1.807, 2.05) is 12.1 Å². The topological polar surface area (TPSA) is 35.5 Å². The Morgan fingerprint density at radius 2 is 2.00 bits per heavy atom. The van der Waals surface area contributed by atoms with Gasteiger partial charge in [0.2, 0.25) is 0 Å². The van der Waals surface area contributed by atoms with Gasteiger partial charge in [-0.25, -0.2) is 0 Å². The predicted molar refractivity (Wildman–Crippen MR) is 92.8 cm³/mol. The van der Waals surface area contributed by atoms with Gasteiger partial charge in [-0.2, -0.15) is 0 Å². The molecule has 0 spiro atoms. The van der Waals surface area contributed by atoms with Crippen LogP contribution in [0.1, 0.15) is 50.8 Å². The second kappa shape index (κ2) is 8.66. The van der Waals surface area contributed by atoms with Crippen LogP contribution in [0.3, 0.4) is 0 Å². The number of piperidine rings is 1. The van der Waals surface area contributed by atoms with Gasteiger partial charge in [0.1, 0.15) is 0 Å². The van der Waals surface area contributed by atoms with Crippen LogP contribution in [0.2, 0.25) is 0 Å². The molecule has 0 amide bonds. The smallest absolute Gasteiger partial charge is 0.0681 e. The highest BCUT2D eigenvalue weighted by atomic mass is 16.3. The van der Waals surface area contributed by atoms with Gasteiger partial charge >= 0.3 is 0 Å². The van der Waals surface area contributed by atoms with E-state index >= 15 is 0 Å². The molecule has 22 heavy (non-hydrogen) atoms. The first-order valence-corrected chi connectivity index (χ1v) is 8.74. The molecule has 1 aliphatic rings. The summed E-state index contributed by atoms with van der Waals surface area (Å²) >= 11 is 0. The van der Waals surface area contributed by atoms with Gasteiger partial charge in [-0.1, -0.05) is 38.1 Å². The number of likely N-dealkylation sites (tertiary alicyclic amines) is 1. The van der Waals surface area contributed by atoms with Crippen molar-refractivity contribution in [2.24, 2.45) is 11.8 Å². The molecule has 3 nitrogen and oxygen atoms in total. The van der Waals surface area contributed by atoms with Crippen LogP contribution in [-0.4, -0.2) is 36.2 Å². The number of hydrogen-bond donors (Lipinski definition) is 2. The van der Waals surface area contributed by atoms with Gasteiger partial charge in [-0.3, -0.25) is 0 Å². The fourth-order valence-corrected chi connectivity index (χ4v) is 3.67. The van der Waals surface area contributed by atoms with Crippen LogP contribution in [0.25, 0.3) is 0 Å². The van der Waals surface area contributed by atoms with E-state index in [9.17, 15) is 5.11 Å². The Hall–Kier alpha value is -0.900. The summed E-state index contributed by atoms with van der Waals surface area (Å²) in [5.41, 5.74) is 2.24. The molecule has 0 bridgehead atoms. The summed E-state index contributed by atoms with van der Waals surface area (Å²) in [4.78, 5) is 2.62. The Morgan fingerprint density at radius 3 is 2.68 bits per heavy atom. The van der Waals surface area contributed by atoms with Gasteiger partial charge < -0.3 is 15.3 Å². The van der Waals surface area contributed by atoms with Crippen LogP contribution in [-0.2, 0) is 6.61 Å². The zero-order valence-corrected chi connectivity index (χ0v) is 14.4. The molecule has 1 aromatic carbocycles. The molecule has 0 saturated carbocycles. The number of aliphatic hydroxyl groups is 1. The number of hydrogen-bond acceptors (Lipinski definition) is 3. The highest BCUT2D eigenvalue weighted by molar-refractivity contribution is 5.25. The fourth-order valence-electron chi connectivity index (χ4n) is 3.67. The third-order valence-corrected chi connectivity index (χ3v) is 4.68. The fraction of sp³-hybridized carbons (Fsp3) is 0.684. The van der Waals surface area contributed by atoms with Gasteiger partial charge in [-0.05, 0) is 55.8 Å². The third kappa shape index (κ3) is 5.38. The van der Waals surface area contributed by atoms with Gasteiger partial charge in [0.25, 0.3) is 0 Å². The summed E-state index contributed by atoms with van der Waals surface area (Å²) in [6.07, 6.45) is 2.58. The second-order valence-corrected chi connectivity index (χ2v) is 7.14. The lowest BCUT2D eigenvalue weighted by atomic mass is 9.92. The van der Waals surface area contributed by atoms with Crippen molar-refractivity contribution in [2.45, 2.75) is 46.3 Å². The molecule has 1 saturated heterocycles. The number of nitrogens with zero attached hydrogens (tertiary/aromatic N) is 1. The first-order valence-electron chi connectivity index (χ1n) is 8.74. The first kappa shape index (κ1) is 17.5. The molecule has 1 aliphatic heterocycles. The van der Waals surface area contributed by atoms with Crippen LogP contribution in [0, 0.1) is 11.8 Å². The van der Waals surface area contributed by atoms with E-state index in [0.717, 1.165) is 23.9 Å².